The third kappa shape index (κ3) is 2.45. The van der Waals surface area contributed by atoms with Crippen LogP contribution in [0.1, 0.15) is 27.9 Å². The molecule has 3 unspecified atom stereocenters. The normalized spacial score (nSPS) is 20.1. The van der Waals surface area contributed by atoms with Crippen LogP contribution in [0.15, 0.2) is 18.2 Å². The lowest BCUT2D eigenvalue weighted by Gasteiger charge is -2.29. The summed E-state index contributed by atoms with van der Waals surface area (Å²) in [5.74, 6) is 0. The molecule has 2 rings (SSSR count). The maximum Gasteiger partial charge on any atom is 0.150 e. The summed E-state index contributed by atoms with van der Waals surface area (Å²) in [6.45, 7) is 0. The summed E-state index contributed by atoms with van der Waals surface area (Å²) in [4.78, 5) is 10.7. The first-order valence-electron chi connectivity index (χ1n) is 5.06. The van der Waals surface area contributed by atoms with Crippen LogP contribution in [0.25, 0.3) is 0 Å². The topological polar surface area (TPSA) is 20.3 Å². The molecule has 0 bridgehead atoms. The molecule has 1 aromatic rings. The molecule has 1 aliphatic carbocycles. The number of nitrogens with zero attached hydrogens (tertiary/aromatic N) is 1. The van der Waals surface area contributed by atoms with Crippen molar-refractivity contribution in [3.63, 3.8) is 0 Å². The predicted molar refractivity (Wildman–Crippen MR) is 68.9 cm³/mol. The molecule has 2 nitrogen and oxygen atoms in total. The second-order valence-electron chi connectivity index (χ2n) is 3.99. The second-order valence-corrected chi connectivity index (χ2v) is 5.78. The van der Waals surface area contributed by atoms with Gasteiger partial charge in [-0.15, -0.1) is 0 Å². The van der Waals surface area contributed by atoms with Crippen molar-refractivity contribution in [3.05, 3.63) is 34.9 Å². The molecule has 1 aliphatic rings. The summed E-state index contributed by atoms with van der Waals surface area (Å²) in [6, 6.07) is 6.57. The number of fused-ring (bicyclic) bond motifs is 1. The van der Waals surface area contributed by atoms with Crippen molar-refractivity contribution in [2.75, 3.05) is 0 Å². The molecule has 0 heterocycles. The minimum absolute atomic E-state index is 0.550. The van der Waals surface area contributed by atoms with Crippen molar-refractivity contribution in [2.45, 2.75) is 25.3 Å². The smallest absolute Gasteiger partial charge is 0.150 e. The Labute approximate surface area is 94.9 Å². The SMILES string of the molecule is O=Cc1ccc2c(c1)CC(N(P)P)CC2. The van der Waals surface area contributed by atoms with Gasteiger partial charge in [0.15, 0.2) is 0 Å². The Morgan fingerprint density at radius 2 is 2.13 bits per heavy atom. The van der Waals surface area contributed by atoms with Gasteiger partial charge in [0.2, 0.25) is 0 Å². The van der Waals surface area contributed by atoms with Gasteiger partial charge in [-0.3, -0.25) is 9.24 Å². The van der Waals surface area contributed by atoms with Gasteiger partial charge < -0.3 is 0 Å². The van der Waals surface area contributed by atoms with Crippen LogP contribution >= 0.6 is 18.8 Å². The summed E-state index contributed by atoms with van der Waals surface area (Å²) in [5.41, 5.74) is 3.51. The molecule has 0 aromatic heterocycles. The minimum Gasteiger partial charge on any atom is -0.298 e. The summed E-state index contributed by atoms with van der Waals surface area (Å²) < 4.78 is 2.11. The number of aldehydes is 1. The molecule has 0 spiro atoms. The van der Waals surface area contributed by atoms with Crippen molar-refractivity contribution in [3.8, 4) is 0 Å². The monoisotopic (exact) mass is 239 g/mol. The van der Waals surface area contributed by atoms with Crippen molar-refractivity contribution >= 4 is 25.1 Å². The molecule has 0 saturated carbocycles. The summed E-state index contributed by atoms with van der Waals surface area (Å²) in [7, 11) is 5.39. The molecule has 0 radical (unpaired) electrons. The highest BCUT2D eigenvalue weighted by Gasteiger charge is 2.20. The third-order valence-electron chi connectivity index (χ3n) is 2.99. The lowest BCUT2D eigenvalue weighted by atomic mass is 9.88. The first kappa shape index (κ1) is 11.2. The zero-order chi connectivity index (χ0) is 10.8. The van der Waals surface area contributed by atoms with Gasteiger partial charge in [0, 0.05) is 11.6 Å². The van der Waals surface area contributed by atoms with Crippen LogP contribution < -0.4 is 0 Å². The lowest BCUT2D eigenvalue weighted by molar-refractivity contribution is 0.112. The van der Waals surface area contributed by atoms with E-state index in [9.17, 15) is 4.79 Å². The maximum atomic E-state index is 10.7. The molecule has 0 aliphatic heterocycles. The summed E-state index contributed by atoms with van der Waals surface area (Å²) >= 11 is 0. The Balaban J connectivity index is 2.27. The molecule has 0 N–H and O–H groups in total. The summed E-state index contributed by atoms with van der Waals surface area (Å²) in [5, 5.41) is 0. The molecule has 3 atom stereocenters. The Bertz CT molecular complexity index is 379. The van der Waals surface area contributed by atoms with Gasteiger partial charge >= 0.3 is 0 Å². The van der Waals surface area contributed by atoms with E-state index in [2.05, 4.69) is 29.3 Å². The number of hydrogen-bond donors (Lipinski definition) is 0. The van der Waals surface area contributed by atoms with Gasteiger partial charge in [-0.2, -0.15) is 0 Å². The van der Waals surface area contributed by atoms with E-state index < -0.39 is 0 Å². The minimum atomic E-state index is 0.550. The van der Waals surface area contributed by atoms with E-state index >= 15 is 0 Å². The zero-order valence-corrected chi connectivity index (χ0v) is 10.8. The van der Waals surface area contributed by atoms with Crippen LogP contribution in [0, 0.1) is 0 Å². The van der Waals surface area contributed by atoms with E-state index in [0.29, 0.717) is 6.04 Å². The zero-order valence-electron chi connectivity index (χ0n) is 8.52. The second kappa shape index (κ2) is 4.70. The van der Waals surface area contributed by atoms with Crippen LogP contribution in [0.3, 0.4) is 0 Å². The van der Waals surface area contributed by atoms with Crippen molar-refractivity contribution in [1.29, 1.82) is 0 Å². The highest BCUT2D eigenvalue weighted by molar-refractivity contribution is 7.30. The maximum absolute atomic E-state index is 10.7. The van der Waals surface area contributed by atoms with Gasteiger partial charge in [-0.25, -0.2) is 0 Å². The number of carbonyl (C=O) groups is 1. The van der Waals surface area contributed by atoms with Gasteiger partial charge in [0.1, 0.15) is 6.29 Å². The molecule has 0 fully saturated rings. The first-order valence-corrected chi connectivity index (χ1v) is 6.09. The highest BCUT2D eigenvalue weighted by atomic mass is 31.1. The Hall–Kier alpha value is -0.290. The largest absolute Gasteiger partial charge is 0.298 e. The van der Waals surface area contributed by atoms with E-state index in [4.69, 9.17) is 0 Å². The van der Waals surface area contributed by atoms with E-state index in [0.717, 1.165) is 24.7 Å². The Morgan fingerprint density at radius 1 is 1.33 bits per heavy atom. The van der Waals surface area contributed by atoms with Gasteiger partial charge in [0.25, 0.3) is 0 Å². The average molecular weight is 239 g/mol. The van der Waals surface area contributed by atoms with Crippen LogP contribution in [0.4, 0.5) is 0 Å². The van der Waals surface area contributed by atoms with Crippen LogP contribution in [-0.2, 0) is 12.8 Å². The Kier molecular flexibility index (Phi) is 3.51. The molecule has 4 heteroatoms. The van der Waals surface area contributed by atoms with Crippen molar-refractivity contribution < 1.29 is 4.79 Å². The number of hydrogen-bond acceptors (Lipinski definition) is 2. The predicted octanol–water partition coefficient (Wildman–Crippen LogP) is 2.24. The van der Waals surface area contributed by atoms with E-state index in [1.54, 1.807) is 0 Å². The molecule has 80 valence electrons. The third-order valence-corrected chi connectivity index (χ3v) is 3.83. The van der Waals surface area contributed by atoms with Crippen LogP contribution in [0.5, 0.6) is 0 Å². The molecular weight excluding hydrogens is 224 g/mol. The molecule has 15 heavy (non-hydrogen) atoms. The number of benzene rings is 1. The average Bonchev–Trinajstić information content (AvgIpc) is 2.27. The molecule has 0 saturated heterocycles. The fourth-order valence-corrected chi connectivity index (χ4v) is 2.59. The fraction of sp³-hybridized carbons (Fsp3) is 0.364. The number of rotatable bonds is 2. The van der Waals surface area contributed by atoms with Crippen LogP contribution in [-0.4, -0.2) is 16.8 Å². The lowest BCUT2D eigenvalue weighted by Crippen LogP contribution is -2.26. The van der Waals surface area contributed by atoms with E-state index in [-0.39, 0.29) is 0 Å². The quantitative estimate of drug-likeness (QED) is 0.582. The Morgan fingerprint density at radius 3 is 2.80 bits per heavy atom. The van der Waals surface area contributed by atoms with Gasteiger partial charge in [0.05, 0.1) is 0 Å². The number of carbonyl (C=O) groups excluding carboxylic acids is 1. The molecule has 0 amide bonds. The van der Waals surface area contributed by atoms with Crippen molar-refractivity contribution in [2.24, 2.45) is 0 Å². The molecule has 1 aromatic carbocycles. The van der Waals surface area contributed by atoms with Crippen molar-refractivity contribution in [1.82, 2.24) is 4.44 Å². The van der Waals surface area contributed by atoms with Crippen LogP contribution in [0.2, 0.25) is 0 Å². The first-order chi connectivity index (χ1) is 7.20. The van der Waals surface area contributed by atoms with E-state index in [1.807, 2.05) is 12.1 Å². The van der Waals surface area contributed by atoms with Gasteiger partial charge in [-0.05, 0) is 36.5 Å². The number of aryl methyl sites for hydroxylation is 1. The molecular formula is C11H15NOP2. The summed E-state index contributed by atoms with van der Waals surface area (Å²) in [6.07, 6.45) is 4.24. The van der Waals surface area contributed by atoms with Gasteiger partial charge in [-0.1, -0.05) is 30.9 Å². The standard InChI is InChI=1S/C11H15NOP2/c13-7-8-1-2-9-3-4-11(12(14)15)6-10(9)5-8/h1-2,5,7,11H,3-4,6,14-15H2. The fourth-order valence-electron chi connectivity index (χ4n) is 2.09. The highest BCUT2D eigenvalue weighted by Crippen LogP contribution is 2.28. The van der Waals surface area contributed by atoms with E-state index in [1.165, 1.54) is 17.5 Å².